The van der Waals surface area contributed by atoms with Crippen molar-refractivity contribution in [3.8, 4) is 0 Å². The Morgan fingerprint density at radius 2 is 2.13 bits per heavy atom. The van der Waals surface area contributed by atoms with Gasteiger partial charge in [0.2, 0.25) is 0 Å². The molecule has 0 unspecified atom stereocenters. The number of aromatic nitrogens is 1. The molecular formula is C12H9NO2. The van der Waals surface area contributed by atoms with Gasteiger partial charge in [-0.2, -0.15) is 0 Å². The Bertz CT molecular complexity index is 515. The molecule has 0 amide bonds. The van der Waals surface area contributed by atoms with Crippen LogP contribution >= 0.6 is 0 Å². The summed E-state index contributed by atoms with van der Waals surface area (Å²) in [6.07, 6.45) is 2.69. The smallest absolute Gasteiger partial charge is 0.362 e. The number of pyridine rings is 1. The molecule has 3 nitrogen and oxygen atoms in total. The summed E-state index contributed by atoms with van der Waals surface area (Å²) in [5, 5.41) is 1.75. The van der Waals surface area contributed by atoms with E-state index in [0.29, 0.717) is 5.69 Å². The number of ether oxygens (including phenoxy) is 1. The second kappa shape index (κ2) is 3.92. The fourth-order valence-corrected chi connectivity index (χ4v) is 1.41. The Morgan fingerprint density at radius 3 is 2.93 bits per heavy atom. The van der Waals surface area contributed by atoms with Gasteiger partial charge < -0.3 is 4.74 Å². The van der Waals surface area contributed by atoms with E-state index in [0.717, 1.165) is 17.0 Å². The summed E-state index contributed by atoms with van der Waals surface area (Å²) in [7, 11) is 0. The van der Waals surface area contributed by atoms with Gasteiger partial charge in [0.15, 0.2) is 5.69 Å². The SMILES string of the molecule is C=COC(=O)c1nccc2ccccc12. The van der Waals surface area contributed by atoms with Gasteiger partial charge in [0.25, 0.3) is 0 Å². The zero-order valence-corrected chi connectivity index (χ0v) is 8.01. The van der Waals surface area contributed by atoms with Crippen LogP contribution in [0.25, 0.3) is 10.8 Å². The Hall–Kier alpha value is -2.16. The van der Waals surface area contributed by atoms with Gasteiger partial charge in [-0.05, 0) is 11.5 Å². The van der Waals surface area contributed by atoms with Gasteiger partial charge in [0.05, 0.1) is 6.26 Å². The molecule has 0 radical (unpaired) electrons. The molecule has 15 heavy (non-hydrogen) atoms. The minimum Gasteiger partial charge on any atom is -0.430 e. The van der Waals surface area contributed by atoms with Crippen LogP contribution in [0.5, 0.6) is 0 Å². The van der Waals surface area contributed by atoms with Gasteiger partial charge in [-0.15, -0.1) is 0 Å². The summed E-state index contributed by atoms with van der Waals surface area (Å²) in [5.74, 6) is -0.484. The van der Waals surface area contributed by atoms with E-state index in [1.807, 2.05) is 30.3 Å². The molecule has 74 valence electrons. The van der Waals surface area contributed by atoms with Crippen LogP contribution in [0.1, 0.15) is 10.5 Å². The van der Waals surface area contributed by atoms with Crippen molar-refractivity contribution in [2.24, 2.45) is 0 Å². The first kappa shape index (κ1) is 9.40. The molecule has 1 heterocycles. The lowest BCUT2D eigenvalue weighted by molar-refractivity contribution is 0.0660. The minimum atomic E-state index is -0.484. The lowest BCUT2D eigenvalue weighted by Gasteiger charge is -2.02. The van der Waals surface area contributed by atoms with Crippen molar-refractivity contribution >= 4 is 16.7 Å². The number of benzene rings is 1. The number of hydrogen-bond acceptors (Lipinski definition) is 3. The Balaban J connectivity index is 2.60. The molecule has 3 heteroatoms. The van der Waals surface area contributed by atoms with E-state index >= 15 is 0 Å². The first-order valence-electron chi connectivity index (χ1n) is 4.48. The van der Waals surface area contributed by atoms with Crippen molar-refractivity contribution in [1.82, 2.24) is 4.98 Å². The first-order valence-corrected chi connectivity index (χ1v) is 4.48. The van der Waals surface area contributed by atoms with E-state index in [2.05, 4.69) is 11.6 Å². The molecule has 0 N–H and O–H groups in total. The van der Waals surface area contributed by atoms with Gasteiger partial charge in [0.1, 0.15) is 0 Å². The average molecular weight is 199 g/mol. The van der Waals surface area contributed by atoms with Crippen LogP contribution in [-0.2, 0) is 4.74 Å². The monoisotopic (exact) mass is 199 g/mol. The van der Waals surface area contributed by atoms with Gasteiger partial charge in [-0.1, -0.05) is 30.8 Å². The zero-order valence-electron chi connectivity index (χ0n) is 8.01. The highest BCUT2D eigenvalue weighted by Crippen LogP contribution is 2.16. The van der Waals surface area contributed by atoms with Crippen molar-refractivity contribution in [2.45, 2.75) is 0 Å². The largest absolute Gasteiger partial charge is 0.430 e. The first-order chi connectivity index (χ1) is 7.33. The molecule has 0 aliphatic rings. The molecule has 0 saturated carbocycles. The van der Waals surface area contributed by atoms with Crippen LogP contribution in [0.2, 0.25) is 0 Å². The molecule has 0 aliphatic carbocycles. The van der Waals surface area contributed by atoms with Crippen LogP contribution in [0.4, 0.5) is 0 Å². The van der Waals surface area contributed by atoms with Crippen molar-refractivity contribution in [2.75, 3.05) is 0 Å². The lowest BCUT2D eigenvalue weighted by Crippen LogP contribution is -2.03. The van der Waals surface area contributed by atoms with Gasteiger partial charge in [-0.3, -0.25) is 0 Å². The summed E-state index contributed by atoms with van der Waals surface area (Å²) in [6, 6.07) is 9.36. The van der Waals surface area contributed by atoms with Crippen molar-refractivity contribution in [3.05, 3.63) is 55.1 Å². The number of fused-ring (bicyclic) bond motifs is 1. The topological polar surface area (TPSA) is 39.2 Å². The zero-order chi connectivity index (χ0) is 10.7. The normalized spacial score (nSPS) is 9.87. The number of esters is 1. The fourth-order valence-electron chi connectivity index (χ4n) is 1.41. The van der Waals surface area contributed by atoms with E-state index in [-0.39, 0.29) is 0 Å². The molecule has 0 saturated heterocycles. The number of nitrogens with zero attached hydrogens (tertiary/aromatic N) is 1. The van der Waals surface area contributed by atoms with Crippen LogP contribution in [-0.4, -0.2) is 11.0 Å². The highest BCUT2D eigenvalue weighted by Gasteiger charge is 2.11. The molecule has 0 spiro atoms. The number of carbonyl (C=O) groups is 1. The van der Waals surface area contributed by atoms with Gasteiger partial charge >= 0.3 is 5.97 Å². The maximum Gasteiger partial charge on any atom is 0.362 e. The Morgan fingerprint density at radius 1 is 1.33 bits per heavy atom. The maximum atomic E-state index is 11.5. The third kappa shape index (κ3) is 1.72. The van der Waals surface area contributed by atoms with Crippen molar-refractivity contribution in [3.63, 3.8) is 0 Å². The third-order valence-corrected chi connectivity index (χ3v) is 2.06. The van der Waals surface area contributed by atoms with E-state index in [9.17, 15) is 4.79 Å². The summed E-state index contributed by atoms with van der Waals surface area (Å²) >= 11 is 0. The quantitative estimate of drug-likeness (QED) is 0.551. The molecule has 2 rings (SSSR count). The van der Waals surface area contributed by atoms with E-state index < -0.39 is 5.97 Å². The molecule has 1 aromatic heterocycles. The molecular weight excluding hydrogens is 190 g/mol. The Labute approximate surface area is 87.0 Å². The van der Waals surface area contributed by atoms with Crippen molar-refractivity contribution < 1.29 is 9.53 Å². The average Bonchev–Trinajstić information content (AvgIpc) is 2.28. The molecule has 0 aliphatic heterocycles. The molecule has 2 aromatic rings. The molecule has 0 bridgehead atoms. The fraction of sp³-hybridized carbons (Fsp3) is 0. The van der Waals surface area contributed by atoms with E-state index in [4.69, 9.17) is 4.74 Å². The highest BCUT2D eigenvalue weighted by atomic mass is 16.5. The summed E-state index contributed by atoms with van der Waals surface area (Å²) in [5.41, 5.74) is 0.313. The molecule has 0 atom stereocenters. The van der Waals surface area contributed by atoms with E-state index in [1.54, 1.807) is 6.20 Å². The maximum absolute atomic E-state index is 11.5. The molecule has 0 fully saturated rings. The second-order valence-electron chi connectivity index (χ2n) is 2.95. The standard InChI is InChI=1S/C12H9NO2/c1-2-15-12(14)11-10-6-4-3-5-9(10)7-8-13-11/h2-8H,1H2. The number of rotatable bonds is 2. The predicted octanol–water partition coefficient (Wildman–Crippen LogP) is 2.54. The predicted molar refractivity (Wildman–Crippen MR) is 57.4 cm³/mol. The summed E-state index contributed by atoms with van der Waals surface area (Å²) in [4.78, 5) is 15.5. The van der Waals surface area contributed by atoms with Crippen LogP contribution in [0, 0.1) is 0 Å². The van der Waals surface area contributed by atoms with Crippen molar-refractivity contribution in [1.29, 1.82) is 0 Å². The van der Waals surface area contributed by atoms with Crippen LogP contribution in [0.15, 0.2) is 49.4 Å². The minimum absolute atomic E-state index is 0.313. The van der Waals surface area contributed by atoms with E-state index in [1.165, 1.54) is 0 Å². The summed E-state index contributed by atoms with van der Waals surface area (Å²) < 4.78 is 4.70. The number of hydrogen-bond donors (Lipinski definition) is 0. The van der Waals surface area contributed by atoms with Crippen LogP contribution in [0.3, 0.4) is 0 Å². The highest BCUT2D eigenvalue weighted by molar-refractivity contribution is 6.02. The Kier molecular flexibility index (Phi) is 2.46. The lowest BCUT2D eigenvalue weighted by atomic mass is 10.1. The third-order valence-electron chi connectivity index (χ3n) is 2.06. The summed E-state index contributed by atoms with van der Waals surface area (Å²) in [6.45, 7) is 3.34. The second-order valence-corrected chi connectivity index (χ2v) is 2.95. The van der Waals surface area contributed by atoms with Gasteiger partial charge in [-0.25, -0.2) is 9.78 Å². The number of carbonyl (C=O) groups excluding carboxylic acids is 1. The molecule has 1 aromatic carbocycles. The van der Waals surface area contributed by atoms with Gasteiger partial charge in [0, 0.05) is 11.6 Å². The van der Waals surface area contributed by atoms with Crippen LogP contribution < -0.4 is 0 Å².